The number of aliphatic hydroxyl groups is 1. The van der Waals surface area contributed by atoms with E-state index in [9.17, 15) is 5.11 Å². The van der Waals surface area contributed by atoms with Crippen LogP contribution in [-0.4, -0.2) is 24.6 Å². The molecule has 0 aromatic heterocycles. The van der Waals surface area contributed by atoms with E-state index >= 15 is 0 Å². The Bertz CT molecular complexity index is 233. The van der Waals surface area contributed by atoms with Gasteiger partial charge in [0.05, 0.1) is 6.61 Å². The Labute approximate surface area is 85.7 Å². The quantitative estimate of drug-likeness (QED) is 0.709. The van der Waals surface area contributed by atoms with Crippen LogP contribution in [0.2, 0.25) is 0 Å². The summed E-state index contributed by atoms with van der Waals surface area (Å²) in [6, 6.07) is 0. The molecule has 0 saturated carbocycles. The fourth-order valence-electron chi connectivity index (χ4n) is 1.92. The van der Waals surface area contributed by atoms with Crippen molar-refractivity contribution >= 4 is 0 Å². The van der Waals surface area contributed by atoms with Gasteiger partial charge in [0.1, 0.15) is 5.76 Å². The number of ether oxygens (including phenoxy) is 2. The summed E-state index contributed by atoms with van der Waals surface area (Å²) in [5, 5.41) is 10.2. The summed E-state index contributed by atoms with van der Waals surface area (Å²) in [6.07, 6.45) is 1.28. The van der Waals surface area contributed by atoms with Gasteiger partial charge in [-0.05, 0) is 6.42 Å². The van der Waals surface area contributed by atoms with Crippen molar-refractivity contribution in [2.24, 2.45) is 5.92 Å². The van der Waals surface area contributed by atoms with Gasteiger partial charge < -0.3 is 14.6 Å². The molecule has 3 heteroatoms. The van der Waals surface area contributed by atoms with E-state index in [0.717, 1.165) is 17.8 Å². The van der Waals surface area contributed by atoms with Crippen LogP contribution in [0.15, 0.2) is 11.3 Å². The van der Waals surface area contributed by atoms with Crippen LogP contribution in [0, 0.1) is 5.92 Å². The molecular weight excluding hydrogens is 180 g/mol. The summed E-state index contributed by atoms with van der Waals surface area (Å²) in [6.45, 7) is 6.66. The summed E-state index contributed by atoms with van der Waals surface area (Å²) < 4.78 is 10.8. The molecule has 1 aliphatic rings. The van der Waals surface area contributed by atoms with E-state index in [0.29, 0.717) is 18.9 Å². The Balaban J connectivity index is 3.07. The van der Waals surface area contributed by atoms with Gasteiger partial charge in [-0.2, -0.15) is 0 Å². The van der Waals surface area contributed by atoms with E-state index in [1.165, 1.54) is 0 Å². The lowest BCUT2D eigenvalue weighted by Gasteiger charge is -2.36. The topological polar surface area (TPSA) is 38.7 Å². The first-order valence-electron chi connectivity index (χ1n) is 5.19. The van der Waals surface area contributed by atoms with Crippen LogP contribution in [-0.2, 0) is 9.47 Å². The van der Waals surface area contributed by atoms with Crippen molar-refractivity contribution in [2.45, 2.75) is 39.4 Å². The van der Waals surface area contributed by atoms with Crippen LogP contribution in [0.4, 0.5) is 0 Å². The fraction of sp³-hybridized carbons (Fsp3) is 0.818. The maximum atomic E-state index is 10.2. The second kappa shape index (κ2) is 4.32. The molecule has 1 heterocycles. The van der Waals surface area contributed by atoms with Crippen molar-refractivity contribution in [3.8, 4) is 0 Å². The standard InChI is InChI=1S/C11H20O3/c1-5-9-10(8(2)3)14-7-6-11(9,12)13-4/h8,12H,5-7H2,1-4H3. The number of allylic oxidation sites excluding steroid dienone is 1. The molecule has 1 N–H and O–H groups in total. The smallest absolute Gasteiger partial charge is 0.194 e. The molecule has 14 heavy (non-hydrogen) atoms. The molecule has 3 nitrogen and oxygen atoms in total. The Hall–Kier alpha value is -0.540. The Morgan fingerprint density at radius 1 is 1.57 bits per heavy atom. The molecule has 0 aromatic rings. The normalized spacial score (nSPS) is 28.1. The van der Waals surface area contributed by atoms with Crippen LogP contribution in [0.1, 0.15) is 33.6 Å². The van der Waals surface area contributed by atoms with Gasteiger partial charge in [0.2, 0.25) is 0 Å². The second-order valence-electron chi connectivity index (χ2n) is 3.94. The monoisotopic (exact) mass is 200 g/mol. The van der Waals surface area contributed by atoms with Gasteiger partial charge in [-0.3, -0.25) is 0 Å². The molecule has 82 valence electrons. The molecule has 1 atom stereocenters. The lowest BCUT2D eigenvalue weighted by Crippen LogP contribution is -2.39. The number of methoxy groups -OCH3 is 1. The van der Waals surface area contributed by atoms with Crippen LogP contribution in [0.3, 0.4) is 0 Å². The first-order valence-corrected chi connectivity index (χ1v) is 5.19. The molecule has 1 unspecified atom stereocenters. The highest BCUT2D eigenvalue weighted by Crippen LogP contribution is 2.35. The zero-order valence-corrected chi connectivity index (χ0v) is 9.46. The zero-order valence-electron chi connectivity index (χ0n) is 9.46. The minimum Gasteiger partial charge on any atom is -0.497 e. The van der Waals surface area contributed by atoms with E-state index in [1.54, 1.807) is 7.11 Å². The first kappa shape index (κ1) is 11.5. The van der Waals surface area contributed by atoms with Gasteiger partial charge >= 0.3 is 0 Å². The zero-order chi connectivity index (χ0) is 10.8. The largest absolute Gasteiger partial charge is 0.497 e. The van der Waals surface area contributed by atoms with Crippen LogP contribution in [0.5, 0.6) is 0 Å². The summed E-state index contributed by atoms with van der Waals surface area (Å²) in [5.74, 6) is 0.0853. The first-order chi connectivity index (χ1) is 6.55. The molecule has 0 aliphatic carbocycles. The molecule has 1 aliphatic heterocycles. The highest BCUT2D eigenvalue weighted by molar-refractivity contribution is 5.20. The Kier molecular flexibility index (Phi) is 3.56. The molecule has 0 radical (unpaired) electrons. The third-order valence-electron chi connectivity index (χ3n) is 2.68. The van der Waals surface area contributed by atoms with E-state index in [4.69, 9.17) is 9.47 Å². The lowest BCUT2D eigenvalue weighted by molar-refractivity contribution is -0.180. The summed E-state index contributed by atoms with van der Waals surface area (Å²) in [5.41, 5.74) is 0.890. The van der Waals surface area contributed by atoms with Gasteiger partial charge in [-0.15, -0.1) is 0 Å². The van der Waals surface area contributed by atoms with E-state index in [2.05, 4.69) is 13.8 Å². The molecule has 0 bridgehead atoms. The van der Waals surface area contributed by atoms with Gasteiger partial charge in [0.15, 0.2) is 5.79 Å². The van der Waals surface area contributed by atoms with Crippen LogP contribution >= 0.6 is 0 Å². The SMILES string of the molecule is CCC1=C(C(C)C)OCCC1(O)OC. The second-order valence-corrected chi connectivity index (χ2v) is 3.94. The molecule has 0 spiro atoms. The van der Waals surface area contributed by atoms with Crippen molar-refractivity contribution in [1.82, 2.24) is 0 Å². The van der Waals surface area contributed by atoms with Gasteiger partial charge in [-0.1, -0.05) is 20.8 Å². The lowest BCUT2D eigenvalue weighted by atomic mass is 9.92. The third kappa shape index (κ3) is 1.93. The van der Waals surface area contributed by atoms with Gasteiger partial charge in [0, 0.05) is 25.0 Å². The number of hydrogen-bond acceptors (Lipinski definition) is 3. The van der Waals surface area contributed by atoms with Crippen LogP contribution < -0.4 is 0 Å². The Morgan fingerprint density at radius 3 is 2.64 bits per heavy atom. The average Bonchev–Trinajstić information content (AvgIpc) is 2.17. The van der Waals surface area contributed by atoms with Crippen molar-refractivity contribution < 1.29 is 14.6 Å². The summed E-state index contributed by atoms with van der Waals surface area (Å²) in [7, 11) is 1.54. The predicted molar refractivity (Wildman–Crippen MR) is 54.7 cm³/mol. The molecule has 1 rings (SSSR count). The number of rotatable bonds is 3. The van der Waals surface area contributed by atoms with E-state index in [1.807, 2.05) is 6.92 Å². The molecule has 0 aromatic carbocycles. The maximum absolute atomic E-state index is 10.2. The molecule has 0 fully saturated rings. The van der Waals surface area contributed by atoms with Gasteiger partial charge in [-0.25, -0.2) is 0 Å². The van der Waals surface area contributed by atoms with Crippen molar-refractivity contribution in [2.75, 3.05) is 13.7 Å². The van der Waals surface area contributed by atoms with Crippen molar-refractivity contribution in [3.63, 3.8) is 0 Å². The fourth-order valence-corrected chi connectivity index (χ4v) is 1.92. The van der Waals surface area contributed by atoms with Crippen molar-refractivity contribution in [3.05, 3.63) is 11.3 Å². The predicted octanol–water partition coefficient (Wildman–Crippen LogP) is 2.06. The maximum Gasteiger partial charge on any atom is 0.194 e. The van der Waals surface area contributed by atoms with Crippen molar-refractivity contribution in [1.29, 1.82) is 0 Å². The van der Waals surface area contributed by atoms with E-state index in [-0.39, 0.29) is 0 Å². The third-order valence-corrected chi connectivity index (χ3v) is 2.68. The van der Waals surface area contributed by atoms with Gasteiger partial charge in [0.25, 0.3) is 0 Å². The minimum absolute atomic E-state index is 0.298. The molecular formula is C11H20O3. The summed E-state index contributed by atoms with van der Waals surface area (Å²) in [4.78, 5) is 0. The highest BCUT2D eigenvalue weighted by Gasteiger charge is 2.37. The molecule has 0 saturated heterocycles. The average molecular weight is 200 g/mol. The summed E-state index contributed by atoms with van der Waals surface area (Å²) >= 11 is 0. The molecule has 0 amide bonds. The highest BCUT2D eigenvalue weighted by atomic mass is 16.6. The van der Waals surface area contributed by atoms with Crippen LogP contribution in [0.25, 0.3) is 0 Å². The Morgan fingerprint density at radius 2 is 2.21 bits per heavy atom. The van der Waals surface area contributed by atoms with E-state index < -0.39 is 5.79 Å². The minimum atomic E-state index is -1.10. The number of hydrogen-bond donors (Lipinski definition) is 1.